The summed E-state index contributed by atoms with van der Waals surface area (Å²) in [5.41, 5.74) is -3.36. The topological polar surface area (TPSA) is 78.7 Å². The summed E-state index contributed by atoms with van der Waals surface area (Å²) in [5, 5.41) is 10.4. The molecule has 10 heteroatoms. The van der Waals surface area contributed by atoms with Crippen molar-refractivity contribution in [1.82, 2.24) is 19.4 Å². The lowest BCUT2D eigenvalue weighted by atomic mass is 9.92. The fourth-order valence-electron chi connectivity index (χ4n) is 4.33. The predicted molar refractivity (Wildman–Crippen MR) is 102 cm³/mol. The molecule has 0 radical (unpaired) electrons. The van der Waals surface area contributed by atoms with Gasteiger partial charge >= 0.3 is 6.18 Å². The van der Waals surface area contributed by atoms with Crippen molar-refractivity contribution in [2.75, 3.05) is 26.2 Å². The largest absolute Gasteiger partial charge is 0.425 e. The molecular weight excluding hydrogens is 401 g/mol. The van der Waals surface area contributed by atoms with Crippen LogP contribution in [0.15, 0.2) is 12.4 Å². The second-order valence-corrected chi connectivity index (χ2v) is 8.29. The van der Waals surface area contributed by atoms with E-state index in [-0.39, 0.29) is 24.9 Å². The highest BCUT2D eigenvalue weighted by Crippen LogP contribution is 2.41. The van der Waals surface area contributed by atoms with Crippen molar-refractivity contribution >= 4 is 11.8 Å². The van der Waals surface area contributed by atoms with Crippen LogP contribution in [0.5, 0.6) is 0 Å². The molecule has 0 unspecified atom stereocenters. The average Bonchev–Trinajstić information content (AvgIpc) is 2.96. The molecule has 2 fully saturated rings. The number of carbonyl (C=O) groups excluding carboxylic acids is 2. The molecule has 30 heavy (non-hydrogen) atoms. The van der Waals surface area contributed by atoms with E-state index in [1.54, 1.807) is 0 Å². The molecule has 0 spiro atoms. The fourth-order valence-corrected chi connectivity index (χ4v) is 4.33. The summed E-state index contributed by atoms with van der Waals surface area (Å²) in [6.07, 6.45) is 1.33. The van der Waals surface area contributed by atoms with Crippen LogP contribution in [0.3, 0.4) is 0 Å². The quantitative estimate of drug-likeness (QED) is 0.795. The number of alkyl halides is 3. The predicted octanol–water partition coefficient (Wildman–Crippen LogP) is 2.20. The van der Waals surface area contributed by atoms with Gasteiger partial charge in [-0.25, -0.2) is 4.98 Å². The van der Waals surface area contributed by atoms with Gasteiger partial charge in [0.05, 0.1) is 6.42 Å². The molecule has 2 saturated heterocycles. The lowest BCUT2D eigenvalue weighted by Crippen LogP contribution is -2.50. The first kappa shape index (κ1) is 22.6. The molecule has 7 nitrogen and oxygen atoms in total. The molecule has 3 heterocycles. The number of rotatable bonds is 4. The zero-order valence-corrected chi connectivity index (χ0v) is 17.2. The number of imidazole rings is 1. The van der Waals surface area contributed by atoms with Gasteiger partial charge in [0.25, 0.3) is 0 Å². The average molecular weight is 430 g/mol. The first-order valence-electron chi connectivity index (χ1n) is 10.5. The van der Waals surface area contributed by atoms with Gasteiger partial charge < -0.3 is 19.5 Å². The summed E-state index contributed by atoms with van der Waals surface area (Å²) in [6, 6.07) is 0. The Balaban J connectivity index is 1.61. The minimum Gasteiger partial charge on any atom is -0.374 e. The Morgan fingerprint density at radius 2 is 1.67 bits per heavy atom. The molecule has 0 bridgehead atoms. The van der Waals surface area contributed by atoms with Crippen LogP contribution >= 0.6 is 0 Å². The van der Waals surface area contributed by atoms with Crippen LogP contribution in [0.4, 0.5) is 13.2 Å². The molecule has 3 rings (SSSR count). The Kier molecular flexibility index (Phi) is 6.74. The van der Waals surface area contributed by atoms with Crippen molar-refractivity contribution in [2.45, 2.75) is 56.7 Å². The lowest BCUT2D eigenvalue weighted by Gasteiger charge is -2.36. The third kappa shape index (κ3) is 4.63. The Labute approximate surface area is 173 Å². The van der Waals surface area contributed by atoms with Crippen molar-refractivity contribution in [3.63, 3.8) is 0 Å². The van der Waals surface area contributed by atoms with E-state index in [4.69, 9.17) is 0 Å². The van der Waals surface area contributed by atoms with Crippen LogP contribution in [0.25, 0.3) is 0 Å². The summed E-state index contributed by atoms with van der Waals surface area (Å²) in [4.78, 5) is 32.2. The number of aliphatic hydroxyl groups is 1. The lowest BCUT2D eigenvalue weighted by molar-refractivity contribution is -0.272. The zero-order valence-electron chi connectivity index (χ0n) is 17.2. The van der Waals surface area contributed by atoms with Gasteiger partial charge in [0.15, 0.2) is 5.82 Å². The molecule has 2 aliphatic heterocycles. The number of carbonyl (C=O) groups is 2. The van der Waals surface area contributed by atoms with Gasteiger partial charge in [-0.2, -0.15) is 13.2 Å². The van der Waals surface area contributed by atoms with E-state index < -0.39 is 29.9 Å². The highest BCUT2D eigenvalue weighted by atomic mass is 19.4. The fraction of sp³-hybridized carbons (Fsp3) is 0.750. The van der Waals surface area contributed by atoms with Crippen LogP contribution in [0, 0.1) is 5.92 Å². The minimum atomic E-state index is -5.05. The SMILES string of the molecule is Cn1ccnc1[C@@](O)(CC(=O)N1CCC(C(=O)N2CCCCCC2)CC1)C(F)(F)F. The van der Waals surface area contributed by atoms with Gasteiger partial charge in [-0.15, -0.1) is 0 Å². The molecule has 1 atom stereocenters. The summed E-state index contributed by atoms with van der Waals surface area (Å²) in [6.45, 7) is 1.91. The van der Waals surface area contributed by atoms with Crippen molar-refractivity contribution in [3.8, 4) is 0 Å². The highest BCUT2D eigenvalue weighted by molar-refractivity contribution is 5.80. The highest BCUT2D eigenvalue weighted by Gasteiger charge is 2.59. The molecular formula is C20H29F3N4O3. The van der Waals surface area contributed by atoms with E-state index in [2.05, 4.69) is 4.98 Å². The Morgan fingerprint density at radius 3 is 2.17 bits per heavy atom. The van der Waals surface area contributed by atoms with Gasteiger partial charge in [-0.3, -0.25) is 9.59 Å². The van der Waals surface area contributed by atoms with Crippen LogP contribution in [0.2, 0.25) is 0 Å². The van der Waals surface area contributed by atoms with Crippen LogP contribution in [-0.2, 0) is 22.2 Å². The smallest absolute Gasteiger partial charge is 0.374 e. The second-order valence-electron chi connectivity index (χ2n) is 8.29. The molecule has 168 valence electrons. The number of aryl methyl sites for hydroxylation is 1. The van der Waals surface area contributed by atoms with Gasteiger partial charge in [0, 0.05) is 51.5 Å². The molecule has 0 aromatic carbocycles. The van der Waals surface area contributed by atoms with Crippen molar-refractivity contribution < 1.29 is 27.9 Å². The number of aromatic nitrogens is 2. The summed E-state index contributed by atoms with van der Waals surface area (Å²) >= 11 is 0. The number of halogens is 3. The standard InChI is InChI=1S/C20H29F3N4O3/c1-25-13-8-24-18(25)19(30,20(21,22)23)14-16(28)26-11-6-15(7-12-26)17(29)27-9-4-2-3-5-10-27/h8,13,15,30H,2-7,9-12,14H2,1H3/t19-/m0/s1. The summed E-state index contributed by atoms with van der Waals surface area (Å²) in [5.74, 6) is -1.53. The van der Waals surface area contributed by atoms with E-state index in [0.717, 1.165) is 49.5 Å². The molecule has 2 aliphatic rings. The van der Waals surface area contributed by atoms with E-state index in [9.17, 15) is 27.9 Å². The Bertz CT molecular complexity index is 751. The first-order chi connectivity index (χ1) is 14.1. The number of nitrogens with zero attached hydrogens (tertiary/aromatic N) is 4. The Hall–Kier alpha value is -2.10. The number of hydrogen-bond acceptors (Lipinski definition) is 4. The minimum absolute atomic E-state index is 0.0869. The van der Waals surface area contributed by atoms with Gasteiger partial charge in [0.1, 0.15) is 0 Å². The van der Waals surface area contributed by atoms with E-state index in [1.165, 1.54) is 18.1 Å². The second kappa shape index (κ2) is 8.95. The monoisotopic (exact) mass is 430 g/mol. The normalized spacial score (nSPS) is 21.2. The van der Waals surface area contributed by atoms with E-state index in [1.807, 2.05) is 4.90 Å². The van der Waals surface area contributed by atoms with Crippen LogP contribution in [0.1, 0.15) is 50.8 Å². The molecule has 1 aromatic rings. The molecule has 0 saturated carbocycles. The first-order valence-corrected chi connectivity index (χ1v) is 10.5. The number of likely N-dealkylation sites (tertiary alicyclic amines) is 2. The third-order valence-electron chi connectivity index (χ3n) is 6.18. The maximum Gasteiger partial charge on any atom is 0.425 e. The number of amides is 2. The van der Waals surface area contributed by atoms with E-state index in [0.29, 0.717) is 12.8 Å². The molecule has 1 aromatic heterocycles. The Morgan fingerprint density at radius 1 is 1.07 bits per heavy atom. The zero-order chi connectivity index (χ0) is 21.9. The van der Waals surface area contributed by atoms with Gasteiger partial charge in [-0.05, 0) is 25.7 Å². The molecule has 2 amide bonds. The van der Waals surface area contributed by atoms with Crippen molar-refractivity contribution in [3.05, 3.63) is 18.2 Å². The maximum atomic E-state index is 13.7. The summed E-state index contributed by atoms with van der Waals surface area (Å²) < 4.78 is 42.0. The molecule has 1 N–H and O–H groups in total. The van der Waals surface area contributed by atoms with E-state index >= 15 is 0 Å². The third-order valence-corrected chi connectivity index (χ3v) is 6.18. The maximum absolute atomic E-state index is 13.7. The number of hydrogen-bond donors (Lipinski definition) is 1. The number of piperidine rings is 1. The molecule has 0 aliphatic carbocycles. The summed E-state index contributed by atoms with van der Waals surface area (Å²) in [7, 11) is 1.34. The van der Waals surface area contributed by atoms with Crippen molar-refractivity contribution in [2.24, 2.45) is 13.0 Å². The van der Waals surface area contributed by atoms with Crippen LogP contribution < -0.4 is 0 Å². The van der Waals surface area contributed by atoms with Gasteiger partial charge in [-0.1, -0.05) is 12.8 Å². The van der Waals surface area contributed by atoms with Gasteiger partial charge in [0.2, 0.25) is 17.4 Å². The van der Waals surface area contributed by atoms with Crippen LogP contribution in [-0.4, -0.2) is 68.6 Å². The van der Waals surface area contributed by atoms with Crippen molar-refractivity contribution in [1.29, 1.82) is 0 Å².